The van der Waals surface area contributed by atoms with Crippen molar-refractivity contribution in [2.75, 3.05) is 19.6 Å². The maximum atomic E-state index is 10.9. The van der Waals surface area contributed by atoms with E-state index in [9.17, 15) is 4.79 Å². The van der Waals surface area contributed by atoms with Gasteiger partial charge in [-0.25, -0.2) is 0 Å². The van der Waals surface area contributed by atoms with E-state index in [-0.39, 0.29) is 0 Å². The summed E-state index contributed by atoms with van der Waals surface area (Å²) in [6.45, 7) is 11.1. The van der Waals surface area contributed by atoms with E-state index >= 15 is 0 Å². The Kier molecular flexibility index (Phi) is 6.52. The Balaban J connectivity index is 4.17. The van der Waals surface area contributed by atoms with E-state index in [4.69, 9.17) is 11.5 Å². The summed E-state index contributed by atoms with van der Waals surface area (Å²) in [5.74, 6) is 0.722. The first-order chi connectivity index (χ1) is 6.82. The van der Waals surface area contributed by atoms with Crippen molar-refractivity contribution in [2.24, 2.45) is 23.3 Å². The van der Waals surface area contributed by atoms with Gasteiger partial charge in [-0.05, 0) is 11.8 Å². The van der Waals surface area contributed by atoms with Crippen LogP contribution in [0.2, 0.25) is 0 Å². The van der Waals surface area contributed by atoms with Crippen molar-refractivity contribution < 1.29 is 4.79 Å². The van der Waals surface area contributed by atoms with E-state index in [0.717, 1.165) is 13.1 Å². The molecule has 90 valence electrons. The van der Waals surface area contributed by atoms with Gasteiger partial charge in [-0.15, -0.1) is 0 Å². The van der Waals surface area contributed by atoms with E-state index in [0.29, 0.717) is 18.4 Å². The van der Waals surface area contributed by atoms with Crippen LogP contribution in [-0.2, 0) is 4.79 Å². The molecule has 0 aromatic heterocycles. The van der Waals surface area contributed by atoms with Gasteiger partial charge in [0.15, 0.2) is 0 Å². The standard InChI is InChI=1S/C11H25N3O/c1-8(2)5-14(6-9(3)4)7-10(12)11(13)15/h8-10H,5-7,12H2,1-4H3,(H2,13,15). The van der Waals surface area contributed by atoms with Crippen LogP contribution < -0.4 is 11.5 Å². The lowest BCUT2D eigenvalue weighted by molar-refractivity contribution is -0.119. The molecular formula is C11H25N3O. The summed E-state index contributed by atoms with van der Waals surface area (Å²) < 4.78 is 0. The molecule has 0 bridgehead atoms. The third-order valence-corrected chi connectivity index (χ3v) is 2.07. The van der Waals surface area contributed by atoms with Gasteiger partial charge in [-0.3, -0.25) is 4.79 Å². The second kappa shape index (κ2) is 6.80. The van der Waals surface area contributed by atoms with Crippen LogP contribution in [0.25, 0.3) is 0 Å². The number of hydrogen-bond acceptors (Lipinski definition) is 3. The number of carbonyl (C=O) groups excluding carboxylic acids is 1. The molecule has 4 N–H and O–H groups in total. The van der Waals surface area contributed by atoms with Gasteiger partial charge < -0.3 is 16.4 Å². The third-order valence-electron chi connectivity index (χ3n) is 2.07. The van der Waals surface area contributed by atoms with Gasteiger partial charge >= 0.3 is 0 Å². The normalized spacial score (nSPS) is 13.9. The van der Waals surface area contributed by atoms with Crippen molar-refractivity contribution in [3.05, 3.63) is 0 Å². The molecule has 4 nitrogen and oxygen atoms in total. The quantitative estimate of drug-likeness (QED) is 0.646. The molecule has 4 heteroatoms. The Bertz CT molecular complexity index is 182. The fraction of sp³-hybridized carbons (Fsp3) is 0.909. The van der Waals surface area contributed by atoms with Crippen molar-refractivity contribution in [2.45, 2.75) is 33.7 Å². The van der Waals surface area contributed by atoms with Crippen LogP contribution in [0, 0.1) is 11.8 Å². The first-order valence-electron chi connectivity index (χ1n) is 5.60. The smallest absolute Gasteiger partial charge is 0.235 e. The highest BCUT2D eigenvalue weighted by atomic mass is 16.1. The second-order valence-electron chi connectivity index (χ2n) is 5.02. The molecule has 0 aromatic rings. The van der Waals surface area contributed by atoms with E-state index < -0.39 is 11.9 Å². The Morgan fingerprint density at radius 2 is 1.47 bits per heavy atom. The van der Waals surface area contributed by atoms with Crippen LogP contribution in [0.1, 0.15) is 27.7 Å². The molecule has 1 atom stereocenters. The largest absolute Gasteiger partial charge is 0.368 e. The van der Waals surface area contributed by atoms with Gasteiger partial charge in [0.1, 0.15) is 0 Å². The predicted molar refractivity (Wildman–Crippen MR) is 63.3 cm³/mol. The van der Waals surface area contributed by atoms with Crippen molar-refractivity contribution >= 4 is 5.91 Å². The third kappa shape index (κ3) is 7.33. The van der Waals surface area contributed by atoms with E-state index in [2.05, 4.69) is 32.6 Å². The summed E-state index contributed by atoms with van der Waals surface area (Å²) in [5.41, 5.74) is 10.8. The molecule has 0 spiro atoms. The molecular weight excluding hydrogens is 190 g/mol. The minimum absolute atomic E-state index is 0.424. The number of hydrogen-bond donors (Lipinski definition) is 2. The highest BCUT2D eigenvalue weighted by molar-refractivity contribution is 5.79. The summed E-state index contributed by atoms with van der Waals surface area (Å²) in [5, 5.41) is 0. The summed E-state index contributed by atoms with van der Waals surface area (Å²) in [7, 11) is 0. The number of nitrogens with zero attached hydrogens (tertiary/aromatic N) is 1. The molecule has 1 unspecified atom stereocenters. The summed E-state index contributed by atoms with van der Waals surface area (Å²) >= 11 is 0. The monoisotopic (exact) mass is 215 g/mol. The topological polar surface area (TPSA) is 72.3 Å². The molecule has 0 rings (SSSR count). The van der Waals surface area contributed by atoms with Gasteiger partial charge in [0, 0.05) is 19.6 Å². The van der Waals surface area contributed by atoms with Crippen molar-refractivity contribution in [1.29, 1.82) is 0 Å². The summed E-state index contributed by atoms with van der Waals surface area (Å²) in [4.78, 5) is 13.1. The number of primary amides is 1. The molecule has 0 saturated carbocycles. The van der Waals surface area contributed by atoms with Gasteiger partial charge in [0.05, 0.1) is 6.04 Å². The predicted octanol–water partition coefficient (Wildman–Crippen LogP) is 0.413. The van der Waals surface area contributed by atoms with Crippen LogP contribution in [0.3, 0.4) is 0 Å². The van der Waals surface area contributed by atoms with Crippen LogP contribution in [-0.4, -0.2) is 36.5 Å². The second-order valence-corrected chi connectivity index (χ2v) is 5.02. The van der Waals surface area contributed by atoms with Gasteiger partial charge in [-0.1, -0.05) is 27.7 Å². The fourth-order valence-electron chi connectivity index (χ4n) is 1.62. The minimum atomic E-state index is -0.553. The van der Waals surface area contributed by atoms with Gasteiger partial charge in [0.2, 0.25) is 5.91 Å². The number of rotatable bonds is 7. The number of nitrogens with two attached hydrogens (primary N) is 2. The SMILES string of the molecule is CC(C)CN(CC(C)C)CC(N)C(N)=O. The first kappa shape index (κ1) is 14.4. The van der Waals surface area contributed by atoms with Crippen molar-refractivity contribution in [3.63, 3.8) is 0 Å². The zero-order valence-corrected chi connectivity index (χ0v) is 10.4. The van der Waals surface area contributed by atoms with Crippen molar-refractivity contribution in [3.8, 4) is 0 Å². The summed E-state index contributed by atoms with van der Waals surface area (Å²) in [6, 6.07) is -0.553. The molecule has 0 aliphatic rings. The highest BCUT2D eigenvalue weighted by Crippen LogP contribution is 2.04. The Labute approximate surface area is 93.0 Å². The van der Waals surface area contributed by atoms with Crippen LogP contribution >= 0.6 is 0 Å². The Morgan fingerprint density at radius 1 is 1.07 bits per heavy atom. The van der Waals surface area contributed by atoms with E-state index in [1.54, 1.807) is 0 Å². The molecule has 0 radical (unpaired) electrons. The van der Waals surface area contributed by atoms with Crippen LogP contribution in [0.15, 0.2) is 0 Å². The lowest BCUT2D eigenvalue weighted by Crippen LogP contribution is -2.47. The first-order valence-corrected chi connectivity index (χ1v) is 5.60. The average Bonchev–Trinajstić information content (AvgIpc) is 2.00. The maximum Gasteiger partial charge on any atom is 0.235 e. The number of carbonyl (C=O) groups is 1. The zero-order valence-electron chi connectivity index (χ0n) is 10.4. The molecule has 0 heterocycles. The Morgan fingerprint density at radius 3 is 1.73 bits per heavy atom. The number of amides is 1. The molecule has 15 heavy (non-hydrogen) atoms. The van der Waals surface area contributed by atoms with E-state index in [1.807, 2.05) is 0 Å². The van der Waals surface area contributed by atoms with Gasteiger partial charge in [0.25, 0.3) is 0 Å². The van der Waals surface area contributed by atoms with Gasteiger partial charge in [-0.2, -0.15) is 0 Å². The Hall–Kier alpha value is -0.610. The van der Waals surface area contributed by atoms with Crippen LogP contribution in [0.5, 0.6) is 0 Å². The lowest BCUT2D eigenvalue weighted by Gasteiger charge is -2.27. The lowest BCUT2D eigenvalue weighted by atomic mass is 10.1. The maximum absolute atomic E-state index is 10.9. The minimum Gasteiger partial charge on any atom is -0.368 e. The molecule has 0 fully saturated rings. The fourth-order valence-corrected chi connectivity index (χ4v) is 1.62. The molecule has 0 aliphatic carbocycles. The molecule has 0 saturated heterocycles. The van der Waals surface area contributed by atoms with Crippen LogP contribution in [0.4, 0.5) is 0 Å². The highest BCUT2D eigenvalue weighted by Gasteiger charge is 2.16. The molecule has 0 aromatic carbocycles. The molecule has 0 aliphatic heterocycles. The average molecular weight is 215 g/mol. The van der Waals surface area contributed by atoms with E-state index in [1.165, 1.54) is 0 Å². The molecule has 1 amide bonds. The van der Waals surface area contributed by atoms with Crippen molar-refractivity contribution in [1.82, 2.24) is 4.90 Å². The zero-order chi connectivity index (χ0) is 12.0. The summed E-state index contributed by atoms with van der Waals surface area (Å²) in [6.07, 6.45) is 0.